The predicted molar refractivity (Wildman–Crippen MR) is 84.8 cm³/mol. The number of nitrogens with two attached hydrogens (primary N) is 1. The lowest BCUT2D eigenvalue weighted by molar-refractivity contribution is -0.118. The number of amides is 1. The van der Waals surface area contributed by atoms with Crippen LogP contribution in [0.3, 0.4) is 0 Å². The molecule has 0 atom stereocenters. The van der Waals surface area contributed by atoms with Gasteiger partial charge in [-0.3, -0.25) is 9.80 Å². The van der Waals surface area contributed by atoms with Gasteiger partial charge < -0.3 is 5.73 Å². The van der Waals surface area contributed by atoms with Gasteiger partial charge in [0.1, 0.15) is 11.7 Å². The van der Waals surface area contributed by atoms with E-state index in [0.717, 1.165) is 16.0 Å². The first kappa shape index (κ1) is 16.3. The molecule has 0 saturated carbocycles. The summed E-state index contributed by atoms with van der Waals surface area (Å²) >= 11 is 5.76. The fourth-order valence-corrected chi connectivity index (χ4v) is 3.10. The minimum atomic E-state index is -3.68. The summed E-state index contributed by atoms with van der Waals surface area (Å²) in [5.74, 6) is -0.651. The van der Waals surface area contributed by atoms with Crippen LogP contribution < -0.4 is 5.73 Å². The second kappa shape index (κ2) is 6.33. The van der Waals surface area contributed by atoms with Gasteiger partial charge in [0.2, 0.25) is 15.7 Å². The lowest BCUT2D eigenvalue weighted by Crippen LogP contribution is -2.31. The van der Waals surface area contributed by atoms with Crippen molar-refractivity contribution in [3.05, 3.63) is 53.1 Å². The SMILES string of the molecule is Cc1ccc(S(=O)(=O)C=C2C=CC(Cl)=NN2CC(N)=O)cc1. The zero-order chi connectivity index (χ0) is 16.3. The molecule has 2 rings (SSSR count). The van der Waals surface area contributed by atoms with Crippen molar-refractivity contribution < 1.29 is 13.2 Å². The molecule has 1 aromatic rings. The minimum absolute atomic E-state index is 0.131. The highest BCUT2D eigenvalue weighted by Crippen LogP contribution is 2.20. The summed E-state index contributed by atoms with van der Waals surface area (Å²) in [6.45, 7) is 1.60. The van der Waals surface area contributed by atoms with Crippen LogP contribution in [0.25, 0.3) is 0 Å². The van der Waals surface area contributed by atoms with Crippen LogP contribution in [0.4, 0.5) is 0 Å². The molecule has 0 bridgehead atoms. The van der Waals surface area contributed by atoms with Gasteiger partial charge in [0, 0.05) is 0 Å². The van der Waals surface area contributed by atoms with E-state index in [1.807, 2.05) is 6.92 Å². The number of aryl methyl sites for hydroxylation is 1. The molecule has 0 aliphatic carbocycles. The maximum atomic E-state index is 12.4. The van der Waals surface area contributed by atoms with Gasteiger partial charge in [-0.15, -0.1) is 0 Å². The van der Waals surface area contributed by atoms with Crippen molar-refractivity contribution in [2.75, 3.05) is 6.54 Å². The van der Waals surface area contributed by atoms with Crippen LogP contribution in [0.1, 0.15) is 5.56 Å². The minimum Gasteiger partial charge on any atom is -0.368 e. The largest absolute Gasteiger partial charge is 0.368 e. The molecule has 6 nitrogen and oxygen atoms in total. The molecule has 0 radical (unpaired) electrons. The number of primary amides is 1. The Hall–Kier alpha value is -2.12. The number of rotatable bonds is 4. The van der Waals surface area contributed by atoms with Gasteiger partial charge in [0.05, 0.1) is 16.0 Å². The number of allylic oxidation sites excluding steroid dienone is 2. The molecular formula is C14H14ClN3O3S. The lowest BCUT2D eigenvalue weighted by Gasteiger charge is -2.21. The molecule has 0 aromatic heterocycles. The highest BCUT2D eigenvalue weighted by Gasteiger charge is 2.19. The summed E-state index contributed by atoms with van der Waals surface area (Å²) < 4.78 is 24.8. The molecule has 0 saturated heterocycles. The fraction of sp³-hybridized carbons (Fsp3) is 0.143. The van der Waals surface area contributed by atoms with Crippen molar-refractivity contribution in [1.82, 2.24) is 5.01 Å². The average Bonchev–Trinajstić information content (AvgIpc) is 2.41. The average molecular weight is 340 g/mol. The third kappa shape index (κ3) is 3.96. The first-order chi connectivity index (χ1) is 10.3. The van der Waals surface area contributed by atoms with E-state index in [2.05, 4.69) is 5.10 Å². The van der Waals surface area contributed by atoms with Crippen LogP contribution >= 0.6 is 11.6 Å². The molecule has 0 spiro atoms. The van der Waals surface area contributed by atoms with Gasteiger partial charge in [0.25, 0.3) is 0 Å². The van der Waals surface area contributed by atoms with Crippen molar-refractivity contribution in [2.45, 2.75) is 11.8 Å². The number of benzene rings is 1. The van der Waals surface area contributed by atoms with E-state index in [0.29, 0.717) is 0 Å². The summed E-state index contributed by atoms with van der Waals surface area (Å²) in [6, 6.07) is 6.45. The number of hydrogen-bond acceptors (Lipinski definition) is 5. The Balaban J connectivity index is 2.39. The second-order valence-electron chi connectivity index (χ2n) is 4.68. The summed E-state index contributed by atoms with van der Waals surface area (Å²) in [7, 11) is -3.68. The molecule has 1 aromatic carbocycles. The van der Waals surface area contributed by atoms with Gasteiger partial charge in [-0.1, -0.05) is 29.3 Å². The van der Waals surface area contributed by atoms with E-state index in [4.69, 9.17) is 17.3 Å². The van der Waals surface area contributed by atoms with Crippen molar-refractivity contribution in [1.29, 1.82) is 0 Å². The second-order valence-corrected chi connectivity index (χ2v) is 6.87. The molecule has 1 heterocycles. The topological polar surface area (TPSA) is 92.8 Å². The quantitative estimate of drug-likeness (QED) is 0.900. The Labute approximate surface area is 133 Å². The zero-order valence-electron chi connectivity index (χ0n) is 11.7. The third-order valence-electron chi connectivity index (χ3n) is 2.84. The fourth-order valence-electron chi connectivity index (χ4n) is 1.78. The van der Waals surface area contributed by atoms with Crippen LogP contribution in [-0.4, -0.2) is 31.0 Å². The van der Waals surface area contributed by atoms with Crippen LogP contribution in [-0.2, 0) is 14.6 Å². The molecule has 2 N–H and O–H groups in total. The van der Waals surface area contributed by atoms with Crippen LogP contribution in [0.15, 0.2) is 57.5 Å². The molecule has 1 amide bonds. The van der Waals surface area contributed by atoms with E-state index in [1.54, 1.807) is 12.1 Å². The molecule has 1 aliphatic rings. The molecule has 116 valence electrons. The number of hydrogen-bond donors (Lipinski definition) is 1. The number of halogens is 1. The first-order valence-electron chi connectivity index (χ1n) is 6.29. The maximum Gasteiger partial charge on any atom is 0.239 e. The van der Waals surface area contributed by atoms with Gasteiger partial charge in [-0.05, 0) is 31.2 Å². The molecular weight excluding hydrogens is 326 g/mol. The monoisotopic (exact) mass is 339 g/mol. The maximum absolute atomic E-state index is 12.4. The van der Waals surface area contributed by atoms with Crippen LogP contribution in [0, 0.1) is 6.92 Å². The zero-order valence-corrected chi connectivity index (χ0v) is 13.3. The molecule has 0 unspecified atom stereocenters. The molecule has 8 heteroatoms. The predicted octanol–water partition coefficient (Wildman–Crippen LogP) is 1.52. The first-order valence-corrected chi connectivity index (χ1v) is 8.22. The highest BCUT2D eigenvalue weighted by atomic mass is 35.5. The smallest absolute Gasteiger partial charge is 0.239 e. The summed E-state index contributed by atoms with van der Waals surface area (Å²) in [4.78, 5) is 11.2. The van der Waals surface area contributed by atoms with Gasteiger partial charge >= 0.3 is 0 Å². The Kier molecular flexibility index (Phi) is 4.68. The van der Waals surface area contributed by atoms with Crippen molar-refractivity contribution in [3.63, 3.8) is 0 Å². The number of carbonyl (C=O) groups is 1. The number of nitrogens with zero attached hydrogens (tertiary/aromatic N) is 2. The van der Waals surface area contributed by atoms with E-state index < -0.39 is 15.7 Å². The van der Waals surface area contributed by atoms with Crippen LogP contribution in [0.2, 0.25) is 0 Å². The molecule has 22 heavy (non-hydrogen) atoms. The van der Waals surface area contributed by atoms with Crippen LogP contribution in [0.5, 0.6) is 0 Å². The van der Waals surface area contributed by atoms with E-state index in [9.17, 15) is 13.2 Å². The third-order valence-corrected chi connectivity index (χ3v) is 4.52. The summed E-state index contributed by atoms with van der Waals surface area (Å²) in [6.07, 6.45) is 2.90. The standard InChI is InChI=1S/C14H14ClN3O3S/c1-10-2-5-12(6-3-10)22(20,21)9-11-4-7-13(15)17-18(11)8-14(16)19/h2-7,9H,8H2,1H3,(H2,16,19). The molecule has 0 fully saturated rings. The van der Waals surface area contributed by atoms with E-state index >= 15 is 0 Å². The van der Waals surface area contributed by atoms with E-state index in [-0.39, 0.29) is 22.3 Å². The summed E-state index contributed by atoms with van der Waals surface area (Å²) in [5, 5.41) is 6.20. The van der Waals surface area contributed by atoms with Gasteiger partial charge in [0.15, 0.2) is 0 Å². The lowest BCUT2D eigenvalue weighted by atomic mass is 10.2. The van der Waals surface area contributed by atoms with Crippen molar-refractivity contribution >= 4 is 32.5 Å². The van der Waals surface area contributed by atoms with Crippen molar-refractivity contribution in [3.8, 4) is 0 Å². The Morgan fingerprint density at radius 1 is 1.32 bits per heavy atom. The Bertz CT molecular complexity index is 780. The molecule has 1 aliphatic heterocycles. The normalized spacial score (nSPS) is 16.7. The number of carbonyl (C=O) groups excluding carboxylic acids is 1. The van der Waals surface area contributed by atoms with Gasteiger partial charge in [-0.2, -0.15) is 5.10 Å². The Morgan fingerprint density at radius 3 is 2.55 bits per heavy atom. The van der Waals surface area contributed by atoms with Gasteiger partial charge in [-0.25, -0.2) is 8.42 Å². The number of hydrazone groups is 1. The number of sulfone groups is 1. The van der Waals surface area contributed by atoms with E-state index in [1.165, 1.54) is 24.3 Å². The highest BCUT2D eigenvalue weighted by molar-refractivity contribution is 7.94. The Morgan fingerprint density at radius 2 is 1.95 bits per heavy atom. The van der Waals surface area contributed by atoms with Crippen molar-refractivity contribution in [2.24, 2.45) is 10.8 Å². The summed E-state index contributed by atoms with van der Waals surface area (Å²) in [5.41, 5.74) is 6.30.